The first kappa shape index (κ1) is 20.1. The van der Waals surface area contributed by atoms with Gasteiger partial charge in [-0.2, -0.15) is 0 Å². The standard InChI is InChI=1S/C20H19ClF2N2O3/c1-28-18-7-5-14(10-15(18)21)24-19(26)13-3-2-8-25(11-13)20(27)12-4-6-16(22)17(23)9-12/h4-7,9-10,13H,2-3,8,11H2,1H3,(H,24,26)/t13-/m0/s1. The Morgan fingerprint density at radius 2 is 1.96 bits per heavy atom. The number of halogens is 3. The zero-order valence-electron chi connectivity index (χ0n) is 15.2. The van der Waals surface area contributed by atoms with Gasteiger partial charge >= 0.3 is 0 Å². The van der Waals surface area contributed by atoms with Crippen LogP contribution in [0.15, 0.2) is 36.4 Å². The third-order valence-electron chi connectivity index (χ3n) is 4.67. The number of methoxy groups -OCH3 is 1. The average Bonchev–Trinajstić information content (AvgIpc) is 2.69. The molecule has 2 aromatic rings. The van der Waals surface area contributed by atoms with Crippen LogP contribution in [0.4, 0.5) is 14.5 Å². The molecular formula is C20H19ClF2N2O3. The molecule has 3 rings (SSSR count). The molecule has 1 atom stereocenters. The van der Waals surface area contributed by atoms with Crippen molar-refractivity contribution in [3.63, 3.8) is 0 Å². The number of hydrogen-bond donors (Lipinski definition) is 1. The van der Waals surface area contributed by atoms with Gasteiger partial charge < -0.3 is 15.0 Å². The Kier molecular flexibility index (Phi) is 6.14. The topological polar surface area (TPSA) is 58.6 Å². The van der Waals surface area contributed by atoms with Gasteiger partial charge in [0.1, 0.15) is 5.75 Å². The predicted octanol–water partition coefficient (Wildman–Crippen LogP) is 4.12. The smallest absolute Gasteiger partial charge is 0.253 e. The van der Waals surface area contributed by atoms with Crippen molar-refractivity contribution < 1.29 is 23.1 Å². The first-order valence-corrected chi connectivity index (χ1v) is 9.15. The SMILES string of the molecule is COc1ccc(NC(=O)[C@H]2CCCN(C(=O)c3ccc(F)c(F)c3)C2)cc1Cl. The van der Waals surface area contributed by atoms with Gasteiger partial charge in [0.05, 0.1) is 18.1 Å². The first-order valence-electron chi connectivity index (χ1n) is 8.77. The third kappa shape index (κ3) is 4.42. The molecule has 1 aliphatic heterocycles. The van der Waals surface area contributed by atoms with E-state index in [1.165, 1.54) is 18.1 Å². The van der Waals surface area contributed by atoms with Crippen molar-refractivity contribution in [3.8, 4) is 5.75 Å². The molecule has 5 nitrogen and oxygen atoms in total. The van der Waals surface area contributed by atoms with Gasteiger partial charge in [0.25, 0.3) is 5.91 Å². The molecule has 148 valence electrons. The molecule has 1 N–H and O–H groups in total. The molecule has 2 aromatic carbocycles. The van der Waals surface area contributed by atoms with Crippen molar-refractivity contribution in [3.05, 3.63) is 58.6 Å². The van der Waals surface area contributed by atoms with Crippen LogP contribution in [0, 0.1) is 17.6 Å². The lowest BCUT2D eigenvalue weighted by atomic mass is 9.96. The van der Waals surface area contributed by atoms with Crippen molar-refractivity contribution in [2.75, 3.05) is 25.5 Å². The van der Waals surface area contributed by atoms with Crippen molar-refractivity contribution in [2.45, 2.75) is 12.8 Å². The predicted molar refractivity (Wildman–Crippen MR) is 102 cm³/mol. The van der Waals surface area contributed by atoms with E-state index in [9.17, 15) is 18.4 Å². The van der Waals surface area contributed by atoms with Crippen LogP contribution in [0.1, 0.15) is 23.2 Å². The van der Waals surface area contributed by atoms with E-state index in [0.717, 1.165) is 12.1 Å². The fraction of sp³-hybridized carbons (Fsp3) is 0.300. The summed E-state index contributed by atoms with van der Waals surface area (Å²) in [5.41, 5.74) is 0.585. The zero-order valence-corrected chi connectivity index (χ0v) is 15.9. The monoisotopic (exact) mass is 408 g/mol. The van der Waals surface area contributed by atoms with Gasteiger partial charge in [-0.05, 0) is 49.2 Å². The Bertz CT molecular complexity index is 907. The minimum absolute atomic E-state index is 0.0573. The molecular weight excluding hydrogens is 390 g/mol. The van der Waals surface area contributed by atoms with E-state index in [1.807, 2.05) is 0 Å². The summed E-state index contributed by atoms with van der Waals surface area (Å²) in [4.78, 5) is 26.7. The van der Waals surface area contributed by atoms with Crippen LogP contribution in [0.25, 0.3) is 0 Å². The van der Waals surface area contributed by atoms with E-state index in [-0.39, 0.29) is 18.0 Å². The summed E-state index contributed by atoms with van der Waals surface area (Å²) in [7, 11) is 1.50. The lowest BCUT2D eigenvalue weighted by molar-refractivity contribution is -0.121. The second kappa shape index (κ2) is 8.56. The number of amides is 2. The maximum atomic E-state index is 13.4. The lowest BCUT2D eigenvalue weighted by Crippen LogP contribution is -2.43. The number of ether oxygens (including phenoxy) is 1. The Hall–Kier alpha value is -2.67. The number of anilines is 1. The van der Waals surface area contributed by atoms with Crippen LogP contribution in [-0.4, -0.2) is 36.9 Å². The highest BCUT2D eigenvalue weighted by atomic mass is 35.5. The Balaban J connectivity index is 1.66. The molecule has 2 amide bonds. The number of piperidine rings is 1. The fourth-order valence-electron chi connectivity index (χ4n) is 3.18. The van der Waals surface area contributed by atoms with Crippen LogP contribution in [0.5, 0.6) is 5.75 Å². The highest BCUT2D eigenvalue weighted by molar-refractivity contribution is 6.32. The lowest BCUT2D eigenvalue weighted by Gasteiger charge is -2.32. The van der Waals surface area contributed by atoms with Gasteiger partial charge in [0.2, 0.25) is 5.91 Å². The van der Waals surface area contributed by atoms with E-state index >= 15 is 0 Å². The average molecular weight is 409 g/mol. The second-order valence-electron chi connectivity index (χ2n) is 6.56. The highest BCUT2D eigenvalue weighted by Crippen LogP contribution is 2.28. The number of carbonyl (C=O) groups excluding carboxylic acids is 2. The van der Waals surface area contributed by atoms with Crippen LogP contribution in [-0.2, 0) is 4.79 Å². The molecule has 0 bridgehead atoms. The second-order valence-corrected chi connectivity index (χ2v) is 6.96. The first-order chi connectivity index (χ1) is 13.4. The van der Waals surface area contributed by atoms with Gasteiger partial charge in [-0.25, -0.2) is 8.78 Å². The molecule has 8 heteroatoms. The quantitative estimate of drug-likeness (QED) is 0.828. The molecule has 1 saturated heterocycles. The summed E-state index contributed by atoms with van der Waals surface area (Å²) >= 11 is 6.07. The number of carbonyl (C=O) groups is 2. The van der Waals surface area contributed by atoms with Crippen molar-refractivity contribution >= 4 is 29.1 Å². The summed E-state index contributed by atoms with van der Waals surface area (Å²) in [5.74, 6) is -2.66. The van der Waals surface area contributed by atoms with Crippen LogP contribution < -0.4 is 10.1 Å². The van der Waals surface area contributed by atoms with Gasteiger partial charge in [0.15, 0.2) is 11.6 Å². The van der Waals surface area contributed by atoms with E-state index in [4.69, 9.17) is 16.3 Å². The number of rotatable bonds is 4. The minimum Gasteiger partial charge on any atom is -0.495 e. The van der Waals surface area contributed by atoms with E-state index in [2.05, 4.69) is 5.32 Å². The number of hydrogen-bond acceptors (Lipinski definition) is 3. The molecule has 0 saturated carbocycles. The summed E-state index contributed by atoms with van der Waals surface area (Å²) < 4.78 is 31.6. The minimum atomic E-state index is -1.08. The van der Waals surface area contributed by atoms with E-state index < -0.39 is 23.5 Å². The molecule has 0 unspecified atom stereocenters. The van der Waals surface area contributed by atoms with Crippen molar-refractivity contribution in [2.24, 2.45) is 5.92 Å². The summed E-state index contributed by atoms with van der Waals surface area (Å²) in [6.07, 6.45) is 1.26. The van der Waals surface area contributed by atoms with Crippen molar-refractivity contribution in [1.82, 2.24) is 4.90 Å². The van der Waals surface area contributed by atoms with E-state index in [1.54, 1.807) is 18.2 Å². The van der Waals surface area contributed by atoms with Crippen LogP contribution in [0.2, 0.25) is 5.02 Å². The van der Waals surface area contributed by atoms with Gasteiger partial charge in [-0.3, -0.25) is 9.59 Å². The Labute approximate surface area is 166 Å². The van der Waals surface area contributed by atoms with E-state index in [0.29, 0.717) is 35.8 Å². The van der Waals surface area contributed by atoms with Crippen LogP contribution in [0.3, 0.4) is 0 Å². The molecule has 28 heavy (non-hydrogen) atoms. The number of nitrogens with zero attached hydrogens (tertiary/aromatic N) is 1. The Morgan fingerprint density at radius 3 is 2.64 bits per heavy atom. The molecule has 0 spiro atoms. The third-order valence-corrected chi connectivity index (χ3v) is 4.96. The van der Waals surface area contributed by atoms with Gasteiger partial charge in [-0.15, -0.1) is 0 Å². The molecule has 0 aliphatic carbocycles. The number of likely N-dealkylation sites (tertiary alicyclic amines) is 1. The summed E-state index contributed by atoms with van der Waals surface area (Å²) in [5, 5.41) is 3.17. The summed E-state index contributed by atoms with van der Waals surface area (Å²) in [6.45, 7) is 0.656. The molecule has 1 aliphatic rings. The molecule has 1 fully saturated rings. The number of benzene rings is 2. The van der Waals surface area contributed by atoms with Crippen LogP contribution >= 0.6 is 11.6 Å². The maximum Gasteiger partial charge on any atom is 0.253 e. The summed E-state index contributed by atoms with van der Waals surface area (Å²) in [6, 6.07) is 7.95. The van der Waals surface area contributed by atoms with Crippen molar-refractivity contribution in [1.29, 1.82) is 0 Å². The van der Waals surface area contributed by atoms with Gasteiger partial charge in [0, 0.05) is 24.3 Å². The molecule has 1 heterocycles. The highest BCUT2D eigenvalue weighted by Gasteiger charge is 2.29. The molecule has 0 radical (unpaired) electrons. The van der Waals surface area contributed by atoms with Gasteiger partial charge in [-0.1, -0.05) is 11.6 Å². The number of nitrogens with one attached hydrogen (secondary N) is 1. The zero-order chi connectivity index (χ0) is 20.3. The normalized spacial score (nSPS) is 16.6. The maximum absolute atomic E-state index is 13.4. The Morgan fingerprint density at radius 1 is 1.18 bits per heavy atom. The fourth-order valence-corrected chi connectivity index (χ4v) is 3.43. The molecule has 0 aromatic heterocycles. The largest absolute Gasteiger partial charge is 0.495 e.